The van der Waals surface area contributed by atoms with Crippen LogP contribution >= 0.6 is 0 Å². The van der Waals surface area contributed by atoms with Gasteiger partial charge in [0.1, 0.15) is 6.10 Å². The van der Waals surface area contributed by atoms with Gasteiger partial charge in [0, 0.05) is 0 Å². The molecule has 0 radical (unpaired) electrons. The van der Waals surface area contributed by atoms with Crippen molar-refractivity contribution in [3.05, 3.63) is 0 Å². The Kier molecular flexibility index (Phi) is 5.38. The summed E-state index contributed by atoms with van der Waals surface area (Å²) in [6, 6.07) is 0. The zero-order valence-corrected chi connectivity index (χ0v) is 14.7. The van der Waals surface area contributed by atoms with Crippen molar-refractivity contribution in [2.75, 3.05) is 0 Å². The molecule has 0 aliphatic heterocycles. The number of ether oxygens (including phenoxy) is 1. The topological polar surface area (TPSA) is 26.3 Å². The molecule has 0 heterocycles. The molecule has 21 heavy (non-hydrogen) atoms. The Bertz CT molecular complexity index is 359. The number of carbonyl (C=O) groups excluding carboxylic acids is 1. The van der Waals surface area contributed by atoms with Crippen LogP contribution in [0.3, 0.4) is 0 Å². The van der Waals surface area contributed by atoms with Crippen molar-refractivity contribution >= 4 is 5.97 Å². The average molecular weight is 294 g/mol. The molecule has 0 bridgehead atoms. The van der Waals surface area contributed by atoms with Crippen LogP contribution in [0.2, 0.25) is 0 Å². The fourth-order valence-electron chi connectivity index (χ4n) is 4.23. The summed E-state index contributed by atoms with van der Waals surface area (Å²) in [6.45, 7) is 10.7. The second-order valence-corrected chi connectivity index (χ2v) is 8.30. The van der Waals surface area contributed by atoms with E-state index in [1.807, 2.05) is 13.8 Å². The van der Waals surface area contributed by atoms with E-state index in [4.69, 9.17) is 4.74 Å². The van der Waals surface area contributed by atoms with Crippen molar-refractivity contribution in [3.8, 4) is 0 Å². The normalized spacial score (nSPS) is 33.6. The number of esters is 1. The molecule has 2 aliphatic carbocycles. The van der Waals surface area contributed by atoms with E-state index in [1.54, 1.807) is 0 Å². The molecule has 0 saturated heterocycles. The van der Waals surface area contributed by atoms with Crippen LogP contribution in [0.5, 0.6) is 0 Å². The van der Waals surface area contributed by atoms with Crippen molar-refractivity contribution in [1.29, 1.82) is 0 Å². The molecule has 2 fully saturated rings. The second kappa shape index (κ2) is 6.71. The highest BCUT2D eigenvalue weighted by Crippen LogP contribution is 2.46. The van der Waals surface area contributed by atoms with Gasteiger partial charge in [-0.2, -0.15) is 0 Å². The van der Waals surface area contributed by atoms with Crippen molar-refractivity contribution < 1.29 is 9.53 Å². The third-order valence-corrected chi connectivity index (χ3v) is 6.22. The van der Waals surface area contributed by atoms with Gasteiger partial charge >= 0.3 is 5.97 Å². The summed E-state index contributed by atoms with van der Waals surface area (Å²) in [5.41, 5.74) is -0.344. The Morgan fingerprint density at radius 2 is 1.81 bits per heavy atom. The lowest BCUT2D eigenvalue weighted by molar-refractivity contribution is -0.174. The predicted octanol–water partition coefficient (Wildman–Crippen LogP) is 5.21. The minimum atomic E-state index is -0.344. The van der Waals surface area contributed by atoms with Crippen LogP contribution in [-0.2, 0) is 9.53 Å². The summed E-state index contributed by atoms with van der Waals surface area (Å²) >= 11 is 0. The predicted molar refractivity (Wildman–Crippen MR) is 87.0 cm³/mol. The molecule has 2 nitrogen and oxygen atoms in total. The van der Waals surface area contributed by atoms with Crippen LogP contribution in [0, 0.1) is 29.1 Å². The lowest BCUT2D eigenvalue weighted by atomic mass is 9.63. The summed E-state index contributed by atoms with van der Waals surface area (Å²) < 4.78 is 6.15. The first-order chi connectivity index (χ1) is 9.86. The summed E-state index contributed by atoms with van der Waals surface area (Å²) in [4.78, 5) is 12.6. The number of hydrogen-bond donors (Lipinski definition) is 0. The first kappa shape index (κ1) is 16.8. The molecule has 0 aromatic rings. The number of rotatable bonds is 4. The lowest BCUT2D eigenvalue weighted by Crippen LogP contribution is -2.46. The van der Waals surface area contributed by atoms with E-state index >= 15 is 0 Å². The summed E-state index contributed by atoms with van der Waals surface area (Å²) in [5.74, 6) is 2.61. The molecule has 0 aromatic carbocycles. The molecular formula is C19H34O2. The largest absolute Gasteiger partial charge is 0.461 e. The fourth-order valence-corrected chi connectivity index (χ4v) is 4.23. The Hall–Kier alpha value is -0.530. The van der Waals surface area contributed by atoms with Gasteiger partial charge in [-0.15, -0.1) is 0 Å². The number of fused-ring (bicyclic) bond motifs is 1. The van der Waals surface area contributed by atoms with Gasteiger partial charge in [0.15, 0.2) is 0 Å². The quantitative estimate of drug-likeness (QED) is 0.666. The molecule has 4 atom stereocenters. The number of hydrogen-bond acceptors (Lipinski definition) is 2. The van der Waals surface area contributed by atoms with Crippen LogP contribution in [0.1, 0.15) is 79.6 Å². The van der Waals surface area contributed by atoms with Crippen molar-refractivity contribution in [2.24, 2.45) is 29.1 Å². The van der Waals surface area contributed by atoms with Gasteiger partial charge in [-0.05, 0) is 63.2 Å². The third-order valence-electron chi connectivity index (χ3n) is 6.22. The second-order valence-electron chi connectivity index (χ2n) is 8.30. The molecule has 2 rings (SSSR count). The van der Waals surface area contributed by atoms with Gasteiger partial charge in [0.25, 0.3) is 0 Å². The number of carbonyl (C=O) groups is 1. The van der Waals surface area contributed by atoms with E-state index in [1.165, 1.54) is 38.5 Å². The smallest absolute Gasteiger partial charge is 0.311 e. The molecule has 4 unspecified atom stereocenters. The third kappa shape index (κ3) is 3.63. The molecule has 0 aromatic heterocycles. The van der Waals surface area contributed by atoms with E-state index in [0.717, 1.165) is 12.3 Å². The van der Waals surface area contributed by atoms with Gasteiger partial charge in [-0.25, -0.2) is 0 Å². The SMILES string of the molecule is CCC(C)(C)C(=O)OC1C(C(C)C)CCC2CCCCC21. The maximum Gasteiger partial charge on any atom is 0.311 e. The lowest BCUT2D eigenvalue weighted by Gasteiger charge is -2.47. The van der Waals surface area contributed by atoms with Crippen LogP contribution in [0.25, 0.3) is 0 Å². The van der Waals surface area contributed by atoms with Crippen molar-refractivity contribution in [3.63, 3.8) is 0 Å². The molecule has 0 N–H and O–H groups in total. The highest BCUT2D eigenvalue weighted by molar-refractivity contribution is 5.76. The fraction of sp³-hybridized carbons (Fsp3) is 0.947. The minimum Gasteiger partial charge on any atom is -0.461 e. The highest BCUT2D eigenvalue weighted by Gasteiger charge is 2.44. The van der Waals surface area contributed by atoms with Gasteiger partial charge in [-0.1, -0.05) is 40.0 Å². The molecule has 0 amide bonds. The maximum absolute atomic E-state index is 12.6. The zero-order valence-electron chi connectivity index (χ0n) is 14.7. The molecule has 2 aliphatic rings. The molecule has 2 heteroatoms. The first-order valence-corrected chi connectivity index (χ1v) is 9.08. The summed E-state index contributed by atoms with van der Waals surface area (Å²) in [7, 11) is 0. The molecule has 2 saturated carbocycles. The monoisotopic (exact) mass is 294 g/mol. The molecule has 122 valence electrons. The first-order valence-electron chi connectivity index (χ1n) is 9.08. The van der Waals surface area contributed by atoms with Crippen LogP contribution in [0.15, 0.2) is 0 Å². The van der Waals surface area contributed by atoms with E-state index < -0.39 is 0 Å². The Morgan fingerprint density at radius 3 is 2.43 bits per heavy atom. The zero-order chi connectivity index (χ0) is 15.6. The van der Waals surface area contributed by atoms with Crippen molar-refractivity contribution in [1.82, 2.24) is 0 Å². The van der Waals surface area contributed by atoms with Gasteiger partial charge < -0.3 is 4.74 Å². The van der Waals surface area contributed by atoms with Crippen molar-refractivity contribution in [2.45, 2.75) is 85.7 Å². The van der Waals surface area contributed by atoms with Gasteiger partial charge in [0.05, 0.1) is 5.41 Å². The van der Waals surface area contributed by atoms with E-state index in [-0.39, 0.29) is 17.5 Å². The van der Waals surface area contributed by atoms with Crippen LogP contribution < -0.4 is 0 Å². The Balaban J connectivity index is 2.15. The Labute approximate surface area is 131 Å². The van der Waals surface area contributed by atoms with Crippen LogP contribution in [0.4, 0.5) is 0 Å². The highest BCUT2D eigenvalue weighted by atomic mass is 16.5. The maximum atomic E-state index is 12.6. The molecule has 0 spiro atoms. The van der Waals surface area contributed by atoms with Gasteiger partial charge in [0.2, 0.25) is 0 Å². The minimum absolute atomic E-state index is 0.0203. The van der Waals surface area contributed by atoms with Crippen LogP contribution in [-0.4, -0.2) is 12.1 Å². The standard InChI is InChI=1S/C19H34O2/c1-6-19(4,5)18(20)21-17-15(13(2)3)12-11-14-9-7-8-10-16(14)17/h13-17H,6-12H2,1-5H3. The molecular weight excluding hydrogens is 260 g/mol. The van der Waals surface area contributed by atoms with Gasteiger partial charge in [-0.3, -0.25) is 4.79 Å². The average Bonchev–Trinajstić information content (AvgIpc) is 2.47. The van der Waals surface area contributed by atoms with E-state index in [0.29, 0.717) is 17.8 Å². The summed E-state index contributed by atoms with van der Waals surface area (Å²) in [5, 5.41) is 0. The van der Waals surface area contributed by atoms with E-state index in [2.05, 4.69) is 20.8 Å². The Morgan fingerprint density at radius 1 is 1.14 bits per heavy atom. The summed E-state index contributed by atoms with van der Waals surface area (Å²) in [6.07, 6.45) is 8.90. The van der Waals surface area contributed by atoms with E-state index in [9.17, 15) is 4.79 Å².